The van der Waals surface area contributed by atoms with Crippen molar-refractivity contribution in [2.24, 2.45) is 11.8 Å². The van der Waals surface area contributed by atoms with Crippen molar-refractivity contribution in [1.29, 1.82) is 0 Å². The van der Waals surface area contributed by atoms with Crippen molar-refractivity contribution < 1.29 is 29.5 Å². The zero-order valence-corrected chi connectivity index (χ0v) is 11.7. The van der Waals surface area contributed by atoms with Crippen LogP contribution in [-0.2, 0) is 24.2 Å². The molecule has 1 aliphatic rings. The summed E-state index contributed by atoms with van der Waals surface area (Å²) >= 11 is 0. The first kappa shape index (κ1) is 16.8. The lowest BCUT2D eigenvalue weighted by Crippen LogP contribution is -2.27. The van der Waals surface area contributed by atoms with Crippen LogP contribution in [0.2, 0.25) is 0 Å². The normalized spacial score (nSPS) is 23.3. The van der Waals surface area contributed by atoms with Gasteiger partial charge in [0.2, 0.25) is 0 Å². The lowest BCUT2D eigenvalue weighted by Gasteiger charge is -2.26. The minimum atomic E-state index is -0.488. The number of rotatable bonds is 9. The van der Waals surface area contributed by atoms with Crippen LogP contribution in [0, 0.1) is 11.8 Å². The highest BCUT2D eigenvalue weighted by atomic mass is 17.2. The largest absolute Gasteiger partial charge is 0.460 e. The molecule has 1 N–H and O–H groups in total. The Bertz CT molecular complexity index is 328. The summed E-state index contributed by atoms with van der Waals surface area (Å²) < 4.78 is 4.83. The molecule has 0 fully saturated rings. The Balaban J connectivity index is 2.20. The standard InChI is InChI=1S/C14H22O6/c1-3-14(15)17-8-11(2)20-19-10-13-7-5-4-6-12(13)9-18-16/h3-5,11-13,16H,1,6-10H2,2H3. The van der Waals surface area contributed by atoms with Crippen LogP contribution in [-0.4, -0.2) is 37.2 Å². The maximum absolute atomic E-state index is 10.9. The fourth-order valence-electron chi connectivity index (χ4n) is 1.96. The Morgan fingerprint density at radius 1 is 1.40 bits per heavy atom. The molecule has 0 aromatic heterocycles. The van der Waals surface area contributed by atoms with Gasteiger partial charge in [-0.2, -0.15) is 0 Å². The first-order chi connectivity index (χ1) is 9.67. The highest BCUT2D eigenvalue weighted by molar-refractivity contribution is 5.81. The van der Waals surface area contributed by atoms with Crippen molar-refractivity contribution in [2.75, 3.05) is 19.8 Å². The van der Waals surface area contributed by atoms with E-state index in [1.807, 2.05) is 0 Å². The summed E-state index contributed by atoms with van der Waals surface area (Å²) in [6.07, 6.45) is 6.60. The molecule has 6 heteroatoms. The molecular formula is C14H22O6. The third-order valence-corrected chi connectivity index (χ3v) is 3.14. The Kier molecular flexibility index (Phi) is 8.13. The van der Waals surface area contributed by atoms with Gasteiger partial charge >= 0.3 is 5.97 Å². The number of carbonyl (C=O) groups excluding carboxylic acids is 1. The molecule has 20 heavy (non-hydrogen) atoms. The Morgan fingerprint density at radius 2 is 2.05 bits per heavy atom. The van der Waals surface area contributed by atoms with Gasteiger partial charge in [0.15, 0.2) is 0 Å². The summed E-state index contributed by atoms with van der Waals surface area (Å²) in [5.74, 6) is -0.0457. The molecule has 6 nitrogen and oxygen atoms in total. The lowest BCUT2D eigenvalue weighted by atomic mass is 9.84. The lowest BCUT2D eigenvalue weighted by molar-refractivity contribution is -0.334. The van der Waals surface area contributed by atoms with Gasteiger partial charge in [-0.05, 0) is 31.6 Å². The highest BCUT2D eigenvalue weighted by Crippen LogP contribution is 2.26. The average molecular weight is 286 g/mol. The fourth-order valence-corrected chi connectivity index (χ4v) is 1.96. The number of esters is 1. The molecule has 0 radical (unpaired) electrons. The smallest absolute Gasteiger partial charge is 0.330 e. The van der Waals surface area contributed by atoms with Gasteiger partial charge in [0.05, 0.1) is 13.2 Å². The quantitative estimate of drug-likeness (QED) is 0.230. The molecule has 1 aliphatic carbocycles. The zero-order chi connectivity index (χ0) is 14.8. The molecule has 0 bridgehead atoms. The van der Waals surface area contributed by atoms with Crippen LogP contribution in [0.4, 0.5) is 0 Å². The van der Waals surface area contributed by atoms with E-state index in [-0.39, 0.29) is 31.2 Å². The first-order valence-electron chi connectivity index (χ1n) is 6.66. The second-order valence-corrected chi connectivity index (χ2v) is 4.78. The average Bonchev–Trinajstić information content (AvgIpc) is 2.46. The van der Waals surface area contributed by atoms with Crippen LogP contribution >= 0.6 is 0 Å². The summed E-state index contributed by atoms with van der Waals surface area (Å²) in [5, 5.41) is 8.54. The maximum atomic E-state index is 10.9. The molecule has 0 amide bonds. The molecule has 0 heterocycles. The van der Waals surface area contributed by atoms with E-state index < -0.39 is 5.97 Å². The van der Waals surface area contributed by atoms with Crippen LogP contribution in [0.1, 0.15) is 19.8 Å². The molecular weight excluding hydrogens is 264 g/mol. The predicted molar refractivity (Wildman–Crippen MR) is 71.6 cm³/mol. The fraction of sp³-hybridized carbons (Fsp3) is 0.643. The van der Waals surface area contributed by atoms with E-state index >= 15 is 0 Å². The van der Waals surface area contributed by atoms with Crippen molar-refractivity contribution in [1.82, 2.24) is 0 Å². The minimum absolute atomic E-state index is 0.110. The van der Waals surface area contributed by atoms with E-state index in [1.54, 1.807) is 6.92 Å². The van der Waals surface area contributed by atoms with Gasteiger partial charge in [-0.3, -0.25) is 5.26 Å². The summed E-state index contributed by atoms with van der Waals surface area (Å²) in [4.78, 5) is 25.4. The molecule has 0 saturated carbocycles. The number of hydrogen-bond donors (Lipinski definition) is 1. The topological polar surface area (TPSA) is 74.2 Å². The van der Waals surface area contributed by atoms with Gasteiger partial charge in [-0.15, -0.1) is 0 Å². The molecule has 0 saturated heterocycles. The van der Waals surface area contributed by atoms with Crippen LogP contribution in [0.5, 0.6) is 0 Å². The highest BCUT2D eigenvalue weighted by Gasteiger charge is 2.23. The van der Waals surface area contributed by atoms with Crippen molar-refractivity contribution in [3.63, 3.8) is 0 Å². The van der Waals surface area contributed by atoms with E-state index in [1.165, 1.54) is 0 Å². The first-order valence-corrected chi connectivity index (χ1v) is 6.66. The van der Waals surface area contributed by atoms with Gasteiger partial charge in [0, 0.05) is 6.08 Å². The predicted octanol–water partition coefficient (Wildman–Crippen LogP) is 2.12. The van der Waals surface area contributed by atoms with Crippen LogP contribution < -0.4 is 0 Å². The minimum Gasteiger partial charge on any atom is -0.460 e. The third kappa shape index (κ3) is 6.29. The molecule has 0 aromatic rings. The summed E-state index contributed by atoms with van der Waals surface area (Å²) in [5.41, 5.74) is 0. The van der Waals surface area contributed by atoms with E-state index in [9.17, 15) is 4.79 Å². The van der Waals surface area contributed by atoms with Gasteiger partial charge in [0.25, 0.3) is 0 Å². The zero-order valence-electron chi connectivity index (χ0n) is 11.7. The van der Waals surface area contributed by atoms with Gasteiger partial charge in [-0.25, -0.2) is 19.5 Å². The van der Waals surface area contributed by atoms with Crippen molar-refractivity contribution >= 4 is 5.97 Å². The third-order valence-electron chi connectivity index (χ3n) is 3.14. The van der Waals surface area contributed by atoms with Gasteiger partial charge in [0.1, 0.15) is 12.7 Å². The summed E-state index contributed by atoms with van der Waals surface area (Å²) in [7, 11) is 0. The van der Waals surface area contributed by atoms with Crippen LogP contribution in [0.25, 0.3) is 0 Å². The monoisotopic (exact) mass is 286 g/mol. The summed E-state index contributed by atoms with van der Waals surface area (Å²) in [6, 6.07) is 0. The Hall–Kier alpha value is -1.21. The molecule has 3 atom stereocenters. The second kappa shape index (κ2) is 9.66. The van der Waals surface area contributed by atoms with Crippen LogP contribution in [0.3, 0.4) is 0 Å². The Labute approximate surface area is 118 Å². The molecule has 1 rings (SSSR count). The van der Waals surface area contributed by atoms with Crippen LogP contribution in [0.15, 0.2) is 24.8 Å². The number of hydrogen-bond acceptors (Lipinski definition) is 6. The van der Waals surface area contributed by atoms with E-state index in [4.69, 9.17) is 19.8 Å². The van der Waals surface area contributed by atoms with Crippen molar-refractivity contribution in [3.05, 3.63) is 24.8 Å². The molecule has 0 spiro atoms. The van der Waals surface area contributed by atoms with E-state index in [0.29, 0.717) is 6.61 Å². The van der Waals surface area contributed by atoms with Gasteiger partial charge in [-0.1, -0.05) is 18.7 Å². The molecule has 0 aromatic carbocycles. The number of carbonyl (C=O) groups is 1. The maximum Gasteiger partial charge on any atom is 0.330 e. The Morgan fingerprint density at radius 3 is 2.65 bits per heavy atom. The van der Waals surface area contributed by atoms with Crippen molar-refractivity contribution in [3.8, 4) is 0 Å². The molecule has 114 valence electrons. The second-order valence-electron chi connectivity index (χ2n) is 4.78. The van der Waals surface area contributed by atoms with E-state index in [2.05, 4.69) is 23.6 Å². The SMILES string of the molecule is C=CC(=O)OCC(C)OOCC1CC=CCC1COO. The molecule has 0 aliphatic heterocycles. The summed E-state index contributed by atoms with van der Waals surface area (Å²) in [6.45, 7) is 5.84. The van der Waals surface area contributed by atoms with E-state index in [0.717, 1.165) is 18.9 Å². The number of ether oxygens (including phenoxy) is 1. The van der Waals surface area contributed by atoms with Gasteiger partial charge < -0.3 is 4.74 Å². The number of allylic oxidation sites excluding steroid dienone is 2. The molecule has 3 unspecified atom stereocenters. The van der Waals surface area contributed by atoms with Crippen molar-refractivity contribution in [2.45, 2.75) is 25.9 Å².